The van der Waals surface area contributed by atoms with Crippen LogP contribution in [0, 0.1) is 0 Å². The molecular formula is C11H18N4O. The molecule has 1 fully saturated rings. The molecule has 1 aromatic rings. The number of ether oxygens (including phenoxy) is 1. The number of nitrogens with zero attached hydrogens (tertiary/aromatic N) is 2. The third-order valence-corrected chi connectivity index (χ3v) is 3.27. The molecule has 0 amide bonds. The van der Waals surface area contributed by atoms with Crippen LogP contribution in [0.3, 0.4) is 0 Å². The molecule has 1 aliphatic carbocycles. The molecule has 0 saturated heterocycles. The zero-order chi connectivity index (χ0) is 11.5. The van der Waals surface area contributed by atoms with Crippen molar-refractivity contribution < 1.29 is 4.74 Å². The molecule has 1 heterocycles. The summed E-state index contributed by atoms with van der Waals surface area (Å²) in [5.74, 6) is 1.10. The number of rotatable bonds is 2. The van der Waals surface area contributed by atoms with Gasteiger partial charge in [-0.25, -0.2) is 9.97 Å². The van der Waals surface area contributed by atoms with Gasteiger partial charge in [-0.15, -0.1) is 0 Å². The van der Waals surface area contributed by atoms with Crippen LogP contribution in [0.25, 0.3) is 0 Å². The van der Waals surface area contributed by atoms with Gasteiger partial charge in [0.1, 0.15) is 0 Å². The predicted octanol–water partition coefficient (Wildman–Crippen LogP) is 1.31. The number of methoxy groups -OCH3 is 1. The average molecular weight is 222 g/mol. The molecule has 5 nitrogen and oxygen atoms in total. The summed E-state index contributed by atoms with van der Waals surface area (Å²) in [6, 6.07) is 0. The lowest BCUT2D eigenvalue weighted by Gasteiger charge is -2.27. The number of hydrogen-bond acceptors (Lipinski definition) is 5. The summed E-state index contributed by atoms with van der Waals surface area (Å²) in [5, 5.41) is 0. The highest BCUT2D eigenvalue weighted by molar-refractivity contribution is 5.51. The molecule has 0 aromatic carbocycles. The monoisotopic (exact) mass is 222 g/mol. The first-order valence-electron chi connectivity index (χ1n) is 5.61. The molecular weight excluding hydrogens is 204 g/mol. The summed E-state index contributed by atoms with van der Waals surface area (Å²) in [7, 11) is 1.77. The van der Waals surface area contributed by atoms with Crippen molar-refractivity contribution >= 4 is 11.6 Å². The molecule has 1 aliphatic rings. The van der Waals surface area contributed by atoms with Gasteiger partial charge in [0.05, 0.1) is 18.0 Å². The Morgan fingerprint density at radius 1 is 1.19 bits per heavy atom. The number of nitrogens with two attached hydrogens (primary N) is 2. The van der Waals surface area contributed by atoms with E-state index in [0.29, 0.717) is 23.7 Å². The van der Waals surface area contributed by atoms with E-state index in [9.17, 15) is 0 Å². The van der Waals surface area contributed by atoms with Crippen LogP contribution in [-0.2, 0) is 4.74 Å². The molecule has 0 unspecified atom stereocenters. The highest BCUT2D eigenvalue weighted by atomic mass is 16.5. The second-order valence-electron chi connectivity index (χ2n) is 4.27. The molecule has 2 rings (SSSR count). The summed E-state index contributed by atoms with van der Waals surface area (Å²) in [6.45, 7) is 0. The molecule has 1 saturated carbocycles. The van der Waals surface area contributed by atoms with Crippen molar-refractivity contribution in [2.45, 2.75) is 37.7 Å². The Kier molecular flexibility index (Phi) is 3.24. The molecule has 0 atom stereocenters. The van der Waals surface area contributed by atoms with Crippen molar-refractivity contribution in [1.82, 2.24) is 9.97 Å². The van der Waals surface area contributed by atoms with Crippen molar-refractivity contribution in [2.75, 3.05) is 18.6 Å². The Hall–Kier alpha value is -1.36. The van der Waals surface area contributed by atoms with Crippen LogP contribution in [0.2, 0.25) is 0 Å². The van der Waals surface area contributed by atoms with Crippen molar-refractivity contribution in [3.05, 3.63) is 11.9 Å². The maximum atomic E-state index is 5.66. The van der Waals surface area contributed by atoms with Crippen LogP contribution < -0.4 is 11.5 Å². The van der Waals surface area contributed by atoms with E-state index < -0.39 is 0 Å². The SMILES string of the molecule is CO[C@H]1CC[C@H](c2cnc(N)c(N)n2)CC1. The lowest BCUT2D eigenvalue weighted by molar-refractivity contribution is 0.0655. The maximum Gasteiger partial charge on any atom is 0.166 e. The van der Waals surface area contributed by atoms with Gasteiger partial charge in [-0.2, -0.15) is 0 Å². The molecule has 0 bridgehead atoms. The molecule has 4 N–H and O–H groups in total. The molecule has 0 spiro atoms. The van der Waals surface area contributed by atoms with Crippen LogP contribution in [0.15, 0.2) is 6.20 Å². The summed E-state index contributed by atoms with van der Waals surface area (Å²) >= 11 is 0. The molecule has 5 heteroatoms. The zero-order valence-corrected chi connectivity index (χ0v) is 9.52. The average Bonchev–Trinajstić information content (AvgIpc) is 2.33. The fraction of sp³-hybridized carbons (Fsp3) is 0.636. The van der Waals surface area contributed by atoms with E-state index in [1.165, 1.54) is 0 Å². The largest absolute Gasteiger partial charge is 0.381 e. The molecule has 1 aromatic heterocycles. The summed E-state index contributed by atoms with van der Waals surface area (Å²) in [4.78, 5) is 8.35. The number of anilines is 2. The van der Waals surface area contributed by atoms with Crippen LogP contribution in [0.5, 0.6) is 0 Å². The Bertz CT molecular complexity index is 361. The van der Waals surface area contributed by atoms with Crippen molar-refractivity contribution in [2.24, 2.45) is 0 Å². The Morgan fingerprint density at radius 3 is 2.44 bits per heavy atom. The van der Waals surface area contributed by atoms with Crippen molar-refractivity contribution in [3.63, 3.8) is 0 Å². The second-order valence-corrected chi connectivity index (χ2v) is 4.27. The van der Waals surface area contributed by atoms with E-state index in [4.69, 9.17) is 16.2 Å². The minimum absolute atomic E-state index is 0.314. The van der Waals surface area contributed by atoms with Gasteiger partial charge in [0, 0.05) is 13.0 Å². The van der Waals surface area contributed by atoms with Gasteiger partial charge >= 0.3 is 0 Å². The van der Waals surface area contributed by atoms with Gasteiger partial charge in [0.2, 0.25) is 0 Å². The van der Waals surface area contributed by atoms with Gasteiger partial charge in [-0.1, -0.05) is 0 Å². The van der Waals surface area contributed by atoms with Gasteiger partial charge in [-0.3, -0.25) is 0 Å². The second kappa shape index (κ2) is 4.65. The van der Waals surface area contributed by atoms with Crippen molar-refractivity contribution in [3.8, 4) is 0 Å². The molecule has 0 radical (unpaired) electrons. The first-order valence-corrected chi connectivity index (χ1v) is 5.61. The number of aromatic nitrogens is 2. The van der Waals surface area contributed by atoms with Gasteiger partial charge in [-0.05, 0) is 25.7 Å². The lowest BCUT2D eigenvalue weighted by Crippen LogP contribution is -2.20. The van der Waals surface area contributed by atoms with Gasteiger partial charge < -0.3 is 16.2 Å². The maximum absolute atomic E-state index is 5.66. The van der Waals surface area contributed by atoms with Gasteiger partial charge in [0.15, 0.2) is 11.6 Å². The number of hydrogen-bond donors (Lipinski definition) is 2. The van der Waals surface area contributed by atoms with E-state index in [2.05, 4.69) is 9.97 Å². The van der Waals surface area contributed by atoms with Gasteiger partial charge in [0.25, 0.3) is 0 Å². The summed E-state index contributed by atoms with van der Waals surface area (Å²) in [6.07, 6.45) is 6.45. The highest BCUT2D eigenvalue weighted by Gasteiger charge is 2.23. The number of nitrogen functional groups attached to an aromatic ring is 2. The van der Waals surface area contributed by atoms with Crippen LogP contribution >= 0.6 is 0 Å². The third-order valence-electron chi connectivity index (χ3n) is 3.27. The topological polar surface area (TPSA) is 87.0 Å². The lowest BCUT2D eigenvalue weighted by atomic mass is 9.85. The molecule has 0 aliphatic heterocycles. The first kappa shape index (κ1) is 11.1. The molecule has 16 heavy (non-hydrogen) atoms. The Labute approximate surface area is 95.2 Å². The highest BCUT2D eigenvalue weighted by Crippen LogP contribution is 2.33. The Balaban J connectivity index is 2.05. The smallest absolute Gasteiger partial charge is 0.166 e. The van der Waals surface area contributed by atoms with E-state index in [0.717, 1.165) is 31.4 Å². The predicted molar refractivity (Wildman–Crippen MR) is 62.9 cm³/mol. The van der Waals surface area contributed by atoms with Crippen molar-refractivity contribution in [1.29, 1.82) is 0 Å². The normalized spacial score (nSPS) is 25.6. The van der Waals surface area contributed by atoms with Crippen LogP contribution in [0.1, 0.15) is 37.3 Å². The van der Waals surface area contributed by atoms with Crippen LogP contribution in [0.4, 0.5) is 11.6 Å². The minimum atomic E-state index is 0.314. The fourth-order valence-electron chi connectivity index (χ4n) is 2.22. The summed E-state index contributed by atoms with van der Waals surface area (Å²) < 4.78 is 5.34. The van der Waals surface area contributed by atoms with E-state index in [1.54, 1.807) is 13.3 Å². The standard InChI is InChI=1S/C11H18N4O/c1-16-8-4-2-7(3-5-8)9-6-14-10(12)11(13)15-9/h6-8H,2-5H2,1H3,(H2,12,14)(H2,13,15)/t7-,8-. The first-order chi connectivity index (χ1) is 7.70. The minimum Gasteiger partial charge on any atom is -0.381 e. The van der Waals surface area contributed by atoms with E-state index in [-0.39, 0.29) is 0 Å². The fourth-order valence-corrected chi connectivity index (χ4v) is 2.22. The van der Waals surface area contributed by atoms with Crippen LogP contribution in [-0.4, -0.2) is 23.2 Å². The van der Waals surface area contributed by atoms with E-state index in [1.807, 2.05) is 0 Å². The summed E-state index contributed by atoms with van der Waals surface area (Å²) in [5.41, 5.74) is 12.2. The quantitative estimate of drug-likeness (QED) is 0.787. The van der Waals surface area contributed by atoms with E-state index >= 15 is 0 Å². The molecule has 88 valence electrons. The Morgan fingerprint density at radius 2 is 1.88 bits per heavy atom. The third kappa shape index (κ3) is 2.24. The zero-order valence-electron chi connectivity index (χ0n) is 9.52.